The van der Waals surface area contributed by atoms with Gasteiger partial charge < -0.3 is 14.5 Å². The van der Waals surface area contributed by atoms with Gasteiger partial charge in [-0.05, 0) is 36.1 Å². The van der Waals surface area contributed by atoms with E-state index in [2.05, 4.69) is 58.3 Å². The maximum absolute atomic E-state index is 5.30. The van der Waals surface area contributed by atoms with E-state index in [1.54, 1.807) is 7.11 Å². The summed E-state index contributed by atoms with van der Waals surface area (Å²) in [7, 11) is 1.73. The van der Waals surface area contributed by atoms with Crippen LogP contribution in [0.2, 0.25) is 0 Å². The van der Waals surface area contributed by atoms with Gasteiger partial charge in [0, 0.05) is 39.3 Å². The maximum Gasteiger partial charge on any atom is 0.119 e. The Balaban J connectivity index is 1.37. The number of nitrogens with zero attached hydrogens (tertiary/aromatic N) is 2. The van der Waals surface area contributed by atoms with Crippen molar-refractivity contribution in [2.45, 2.75) is 12.8 Å². The molecule has 24 heavy (non-hydrogen) atoms. The summed E-state index contributed by atoms with van der Waals surface area (Å²) >= 11 is 0. The van der Waals surface area contributed by atoms with Crippen LogP contribution < -0.4 is 4.74 Å². The lowest BCUT2D eigenvalue weighted by Crippen LogP contribution is -2.47. The van der Waals surface area contributed by atoms with Gasteiger partial charge in [0.2, 0.25) is 0 Å². The second-order valence-corrected chi connectivity index (χ2v) is 6.52. The smallest absolute Gasteiger partial charge is 0.119 e. The van der Waals surface area contributed by atoms with Crippen LogP contribution in [0, 0.1) is 0 Å². The molecule has 0 bridgehead atoms. The molecule has 0 aliphatic carbocycles. The molecule has 0 unspecified atom stereocenters. The monoisotopic (exact) mass is 324 g/mol. The minimum atomic E-state index is 0.957. The summed E-state index contributed by atoms with van der Waals surface area (Å²) < 4.78 is 5.30. The molecular weight excluding hydrogens is 296 g/mol. The molecule has 0 saturated carbocycles. The van der Waals surface area contributed by atoms with Crippen molar-refractivity contribution in [3.8, 4) is 5.75 Å². The van der Waals surface area contributed by atoms with Gasteiger partial charge in [0.05, 0.1) is 7.11 Å². The number of ether oxygens (including phenoxy) is 1. The normalized spacial score (nSPS) is 16.2. The first-order valence-electron chi connectivity index (χ1n) is 8.95. The molecule has 0 N–H and O–H groups in total. The summed E-state index contributed by atoms with van der Waals surface area (Å²) in [4.78, 5) is 5.17. The molecule has 0 amide bonds. The molecule has 128 valence electrons. The number of hydrogen-bond acceptors (Lipinski definition) is 3. The summed E-state index contributed by atoms with van der Waals surface area (Å²) in [5.74, 6) is 0.957. The molecule has 0 spiro atoms. The minimum Gasteiger partial charge on any atom is -0.497 e. The molecule has 1 fully saturated rings. The van der Waals surface area contributed by atoms with E-state index < -0.39 is 0 Å². The van der Waals surface area contributed by atoms with Crippen LogP contribution in [-0.2, 0) is 12.8 Å². The van der Waals surface area contributed by atoms with Crippen molar-refractivity contribution in [2.75, 3.05) is 46.4 Å². The van der Waals surface area contributed by atoms with Crippen LogP contribution in [-0.4, -0.2) is 56.2 Å². The van der Waals surface area contributed by atoms with Gasteiger partial charge >= 0.3 is 0 Å². The Morgan fingerprint density at radius 3 is 1.96 bits per heavy atom. The topological polar surface area (TPSA) is 15.7 Å². The van der Waals surface area contributed by atoms with Gasteiger partial charge in [0.15, 0.2) is 0 Å². The molecule has 2 aromatic rings. The summed E-state index contributed by atoms with van der Waals surface area (Å²) in [6.45, 7) is 7.04. The van der Waals surface area contributed by atoms with Crippen molar-refractivity contribution >= 4 is 0 Å². The van der Waals surface area contributed by atoms with Crippen LogP contribution in [0.5, 0.6) is 5.75 Å². The van der Waals surface area contributed by atoms with E-state index >= 15 is 0 Å². The van der Waals surface area contributed by atoms with E-state index in [1.807, 2.05) is 6.07 Å². The molecule has 3 nitrogen and oxygen atoms in total. The fourth-order valence-corrected chi connectivity index (χ4v) is 3.28. The van der Waals surface area contributed by atoms with E-state index in [0.29, 0.717) is 0 Å². The lowest BCUT2D eigenvalue weighted by atomic mass is 10.1. The zero-order valence-electron chi connectivity index (χ0n) is 14.7. The number of methoxy groups -OCH3 is 1. The summed E-state index contributed by atoms with van der Waals surface area (Å²) in [6.07, 6.45) is 2.26. The van der Waals surface area contributed by atoms with Crippen molar-refractivity contribution in [1.29, 1.82) is 0 Å². The Morgan fingerprint density at radius 2 is 1.33 bits per heavy atom. The molecule has 2 aromatic carbocycles. The van der Waals surface area contributed by atoms with E-state index in [0.717, 1.165) is 25.1 Å². The van der Waals surface area contributed by atoms with Crippen molar-refractivity contribution in [3.63, 3.8) is 0 Å². The van der Waals surface area contributed by atoms with Crippen LogP contribution in [0.1, 0.15) is 11.1 Å². The quantitative estimate of drug-likeness (QED) is 0.778. The molecule has 0 radical (unpaired) electrons. The number of rotatable bonds is 7. The number of benzene rings is 2. The first-order chi connectivity index (χ1) is 11.8. The van der Waals surface area contributed by atoms with Gasteiger partial charge in [-0.15, -0.1) is 0 Å². The zero-order valence-corrected chi connectivity index (χ0v) is 14.7. The Bertz CT molecular complexity index is 606. The van der Waals surface area contributed by atoms with E-state index in [4.69, 9.17) is 4.74 Å². The number of piperazine rings is 1. The largest absolute Gasteiger partial charge is 0.497 e. The van der Waals surface area contributed by atoms with Crippen molar-refractivity contribution in [2.24, 2.45) is 0 Å². The predicted molar refractivity (Wildman–Crippen MR) is 99.7 cm³/mol. The van der Waals surface area contributed by atoms with Gasteiger partial charge in [-0.1, -0.05) is 42.5 Å². The summed E-state index contributed by atoms with van der Waals surface area (Å²) in [5.41, 5.74) is 2.80. The zero-order chi connectivity index (χ0) is 16.6. The van der Waals surface area contributed by atoms with Crippen molar-refractivity contribution < 1.29 is 4.74 Å². The molecule has 0 atom stereocenters. The highest BCUT2D eigenvalue weighted by Gasteiger charge is 2.16. The molecule has 3 heteroatoms. The second-order valence-electron chi connectivity index (χ2n) is 6.52. The summed E-state index contributed by atoms with van der Waals surface area (Å²) in [5, 5.41) is 0. The molecule has 1 aliphatic rings. The first kappa shape index (κ1) is 17.0. The lowest BCUT2D eigenvalue weighted by Gasteiger charge is -2.34. The Morgan fingerprint density at radius 1 is 0.750 bits per heavy atom. The Hall–Kier alpha value is -1.84. The molecule has 3 rings (SSSR count). The molecule has 1 aliphatic heterocycles. The van der Waals surface area contributed by atoms with E-state index in [-0.39, 0.29) is 0 Å². The van der Waals surface area contributed by atoms with Crippen molar-refractivity contribution in [1.82, 2.24) is 9.80 Å². The fraction of sp³-hybridized carbons (Fsp3) is 0.429. The first-order valence-corrected chi connectivity index (χ1v) is 8.95. The number of hydrogen-bond donors (Lipinski definition) is 0. The highest BCUT2D eigenvalue weighted by atomic mass is 16.5. The predicted octanol–water partition coefficient (Wildman–Crippen LogP) is 3.10. The van der Waals surface area contributed by atoms with Crippen molar-refractivity contribution in [3.05, 3.63) is 65.7 Å². The van der Waals surface area contributed by atoms with Crippen LogP contribution >= 0.6 is 0 Å². The van der Waals surface area contributed by atoms with Crippen LogP contribution in [0.15, 0.2) is 54.6 Å². The fourth-order valence-electron chi connectivity index (χ4n) is 3.28. The maximum atomic E-state index is 5.30. The van der Waals surface area contributed by atoms with Crippen LogP contribution in [0.4, 0.5) is 0 Å². The van der Waals surface area contributed by atoms with E-state index in [9.17, 15) is 0 Å². The minimum absolute atomic E-state index is 0.957. The Kier molecular flexibility index (Phi) is 6.27. The van der Waals surface area contributed by atoms with Gasteiger partial charge in [-0.3, -0.25) is 0 Å². The third-order valence-corrected chi connectivity index (χ3v) is 4.88. The average molecular weight is 324 g/mol. The highest BCUT2D eigenvalue weighted by molar-refractivity contribution is 5.28. The summed E-state index contributed by atoms with van der Waals surface area (Å²) in [6, 6.07) is 19.2. The average Bonchev–Trinajstić information content (AvgIpc) is 2.66. The van der Waals surface area contributed by atoms with Gasteiger partial charge in [-0.25, -0.2) is 0 Å². The molecule has 1 heterocycles. The van der Waals surface area contributed by atoms with Gasteiger partial charge in [0.25, 0.3) is 0 Å². The van der Waals surface area contributed by atoms with Crippen LogP contribution in [0.25, 0.3) is 0 Å². The SMILES string of the molecule is COc1cccc(CCN2CCN(CCc3ccccc3)CC2)c1. The van der Waals surface area contributed by atoms with E-state index in [1.165, 1.54) is 43.9 Å². The lowest BCUT2D eigenvalue weighted by molar-refractivity contribution is 0.134. The third kappa shape index (κ3) is 5.08. The van der Waals surface area contributed by atoms with Gasteiger partial charge in [-0.2, -0.15) is 0 Å². The standard InChI is InChI=1S/C21H28N2O/c1-24-21-9-5-8-20(18-21)11-13-23-16-14-22(15-17-23)12-10-19-6-3-2-4-7-19/h2-9,18H,10-17H2,1H3. The second kappa shape index (κ2) is 8.86. The highest BCUT2D eigenvalue weighted by Crippen LogP contribution is 2.14. The molecule has 0 aromatic heterocycles. The molecule has 1 saturated heterocycles. The molecular formula is C21H28N2O. The van der Waals surface area contributed by atoms with Crippen LogP contribution in [0.3, 0.4) is 0 Å². The van der Waals surface area contributed by atoms with Gasteiger partial charge in [0.1, 0.15) is 5.75 Å². The third-order valence-electron chi connectivity index (χ3n) is 4.88. The Labute approximate surface area is 145 Å².